The second-order valence-electron chi connectivity index (χ2n) is 5.46. The van der Waals surface area contributed by atoms with Crippen LogP contribution in [0.3, 0.4) is 0 Å². The summed E-state index contributed by atoms with van der Waals surface area (Å²) in [7, 11) is 0. The number of hydrogen-bond acceptors (Lipinski definition) is 5. The molecule has 1 aromatic heterocycles. The maximum absolute atomic E-state index is 12.1. The van der Waals surface area contributed by atoms with Crippen LogP contribution in [-0.2, 0) is 0 Å². The van der Waals surface area contributed by atoms with Gasteiger partial charge in [-0.1, -0.05) is 35.5 Å². The van der Waals surface area contributed by atoms with Crippen molar-refractivity contribution in [2.75, 3.05) is 18.1 Å². The standard InChI is InChI=1S/C16H18N2O3S/c19-15(17-11-16(20)6-8-22-9-7-16)14-10-13(18-21-14)12-4-2-1-3-5-12/h1-5,10,20H,6-9,11H2,(H,17,19). The van der Waals surface area contributed by atoms with Gasteiger partial charge in [-0.05, 0) is 24.3 Å². The highest BCUT2D eigenvalue weighted by Gasteiger charge is 2.30. The maximum atomic E-state index is 12.1. The zero-order chi connectivity index (χ0) is 15.4. The van der Waals surface area contributed by atoms with Gasteiger partial charge in [0.2, 0.25) is 5.76 Å². The molecule has 2 aromatic rings. The predicted molar refractivity (Wildman–Crippen MR) is 85.8 cm³/mol. The molecule has 1 amide bonds. The minimum absolute atomic E-state index is 0.160. The Morgan fingerprint density at radius 3 is 2.77 bits per heavy atom. The lowest BCUT2D eigenvalue weighted by atomic mass is 9.97. The Kier molecular flexibility index (Phi) is 4.49. The van der Waals surface area contributed by atoms with E-state index in [9.17, 15) is 9.90 Å². The highest BCUT2D eigenvalue weighted by Crippen LogP contribution is 2.26. The normalized spacial score (nSPS) is 17.1. The highest BCUT2D eigenvalue weighted by atomic mass is 32.2. The molecule has 5 nitrogen and oxygen atoms in total. The van der Waals surface area contributed by atoms with Gasteiger partial charge in [-0.3, -0.25) is 4.79 Å². The first-order chi connectivity index (χ1) is 10.7. The van der Waals surface area contributed by atoms with Crippen molar-refractivity contribution in [1.29, 1.82) is 0 Å². The summed E-state index contributed by atoms with van der Waals surface area (Å²) >= 11 is 1.83. The molecule has 1 saturated heterocycles. The number of thioether (sulfide) groups is 1. The summed E-state index contributed by atoms with van der Waals surface area (Å²) in [6.45, 7) is 0.244. The van der Waals surface area contributed by atoms with Crippen molar-refractivity contribution in [1.82, 2.24) is 10.5 Å². The van der Waals surface area contributed by atoms with Crippen molar-refractivity contribution in [2.45, 2.75) is 18.4 Å². The fourth-order valence-electron chi connectivity index (χ4n) is 2.39. The number of rotatable bonds is 4. The minimum atomic E-state index is -0.802. The molecule has 1 fully saturated rings. The fourth-order valence-corrected chi connectivity index (χ4v) is 3.64. The summed E-state index contributed by atoms with van der Waals surface area (Å²) in [5.41, 5.74) is 0.718. The molecule has 0 spiro atoms. The van der Waals surface area contributed by atoms with Crippen LogP contribution in [0.15, 0.2) is 40.9 Å². The minimum Gasteiger partial charge on any atom is -0.388 e. The van der Waals surface area contributed by atoms with Crippen LogP contribution in [0.5, 0.6) is 0 Å². The third kappa shape index (κ3) is 3.51. The molecule has 3 rings (SSSR count). The van der Waals surface area contributed by atoms with Crippen LogP contribution in [-0.4, -0.2) is 39.8 Å². The Morgan fingerprint density at radius 2 is 2.05 bits per heavy atom. The molecule has 2 heterocycles. The second kappa shape index (κ2) is 6.54. The maximum Gasteiger partial charge on any atom is 0.290 e. The monoisotopic (exact) mass is 318 g/mol. The summed E-state index contributed by atoms with van der Waals surface area (Å²) < 4.78 is 5.11. The Hall–Kier alpha value is -1.79. The summed E-state index contributed by atoms with van der Waals surface area (Å²) in [5, 5.41) is 17.0. The van der Waals surface area contributed by atoms with Crippen LogP contribution in [0.4, 0.5) is 0 Å². The lowest BCUT2D eigenvalue weighted by Crippen LogP contribution is -2.45. The van der Waals surface area contributed by atoms with Crippen LogP contribution >= 0.6 is 11.8 Å². The number of benzene rings is 1. The molecule has 6 heteroatoms. The van der Waals surface area contributed by atoms with E-state index in [1.807, 2.05) is 42.1 Å². The average Bonchev–Trinajstić information content (AvgIpc) is 3.04. The molecule has 0 radical (unpaired) electrons. The topological polar surface area (TPSA) is 75.4 Å². The first-order valence-electron chi connectivity index (χ1n) is 7.27. The van der Waals surface area contributed by atoms with Crippen molar-refractivity contribution in [3.8, 4) is 11.3 Å². The largest absolute Gasteiger partial charge is 0.388 e. The van der Waals surface area contributed by atoms with E-state index in [2.05, 4.69) is 10.5 Å². The average molecular weight is 318 g/mol. The van der Waals surface area contributed by atoms with E-state index in [1.165, 1.54) is 0 Å². The molecule has 0 atom stereocenters. The Balaban J connectivity index is 1.62. The predicted octanol–water partition coefficient (Wildman–Crippen LogP) is 2.33. The molecule has 1 aromatic carbocycles. The van der Waals surface area contributed by atoms with E-state index in [0.29, 0.717) is 18.5 Å². The number of nitrogens with zero attached hydrogens (tertiary/aromatic N) is 1. The third-order valence-electron chi connectivity index (χ3n) is 3.81. The Morgan fingerprint density at radius 1 is 1.32 bits per heavy atom. The van der Waals surface area contributed by atoms with Gasteiger partial charge in [-0.25, -0.2) is 0 Å². The van der Waals surface area contributed by atoms with Gasteiger partial charge in [-0.15, -0.1) is 0 Å². The van der Waals surface area contributed by atoms with Crippen molar-refractivity contribution in [2.24, 2.45) is 0 Å². The zero-order valence-corrected chi connectivity index (χ0v) is 12.9. The smallest absolute Gasteiger partial charge is 0.290 e. The first-order valence-corrected chi connectivity index (χ1v) is 8.42. The molecule has 1 aliphatic heterocycles. The van der Waals surface area contributed by atoms with Crippen molar-refractivity contribution < 1.29 is 14.4 Å². The molecule has 0 saturated carbocycles. The number of nitrogens with one attached hydrogen (secondary N) is 1. The van der Waals surface area contributed by atoms with Crippen molar-refractivity contribution in [3.63, 3.8) is 0 Å². The second-order valence-corrected chi connectivity index (χ2v) is 6.69. The third-order valence-corrected chi connectivity index (χ3v) is 4.79. The van der Waals surface area contributed by atoms with Crippen LogP contribution in [0.2, 0.25) is 0 Å². The molecule has 0 bridgehead atoms. The summed E-state index contributed by atoms with van der Waals surface area (Å²) in [4.78, 5) is 12.1. The van der Waals surface area contributed by atoms with Gasteiger partial charge in [0.1, 0.15) is 5.69 Å². The van der Waals surface area contributed by atoms with E-state index >= 15 is 0 Å². The first kappa shape index (κ1) is 15.1. The summed E-state index contributed by atoms with van der Waals surface area (Å²) in [6, 6.07) is 11.1. The lowest BCUT2D eigenvalue weighted by molar-refractivity contribution is 0.0306. The van der Waals surface area contributed by atoms with Crippen LogP contribution in [0, 0.1) is 0 Å². The highest BCUT2D eigenvalue weighted by molar-refractivity contribution is 7.99. The summed E-state index contributed by atoms with van der Waals surface area (Å²) in [6.07, 6.45) is 1.40. The fraction of sp³-hybridized carbons (Fsp3) is 0.375. The van der Waals surface area contributed by atoms with Gasteiger partial charge in [0.15, 0.2) is 0 Å². The molecule has 0 unspecified atom stereocenters. The molecule has 1 aliphatic rings. The number of carbonyl (C=O) groups excluding carboxylic acids is 1. The van der Waals surface area contributed by atoms with Crippen LogP contribution < -0.4 is 5.32 Å². The number of carbonyl (C=O) groups is 1. The van der Waals surface area contributed by atoms with Gasteiger partial charge >= 0.3 is 0 Å². The SMILES string of the molecule is O=C(NCC1(O)CCSCC1)c1cc(-c2ccccc2)no1. The van der Waals surface area contributed by atoms with Gasteiger partial charge < -0.3 is 14.9 Å². The van der Waals surface area contributed by atoms with Crippen LogP contribution in [0.1, 0.15) is 23.4 Å². The zero-order valence-electron chi connectivity index (χ0n) is 12.1. The number of aromatic nitrogens is 1. The molecular weight excluding hydrogens is 300 g/mol. The van der Waals surface area contributed by atoms with Gasteiger partial charge in [0.25, 0.3) is 5.91 Å². The molecule has 2 N–H and O–H groups in total. The Labute approximate surface area is 133 Å². The summed E-state index contributed by atoms with van der Waals surface area (Å²) in [5.74, 6) is 1.66. The molecule has 0 aliphatic carbocycles. The Bertz CT molecular complexity index is 636. The van der Waals surface area contributed by atoms with Crippen molar-refractivity contribution in [3.05, 3.63) is 42.2 Å². The lowest BCUT2D eigenvalue weighted by Gasteiger charge is -2.31. The molecule has 22 heavy (non-hydrogen) atoms. The van der Waals surface area contributed by atoms with Crippen molar-refractivity contribution >= 4 is 17.7 Å². The van der Waals surface area contributed by atoms with Gasteiger partial charge in [0.05, 0.1) is 5.60 Å². The number of amides is 1. The van der Waals surface area contributed by atoms with E-state index < -0.39 is 5.60 Å². The quantitative estimate of drug-likeness (QED) is 0.905. The van der Waals surface area contributed by atoms with Crippen LogP contribution in [0.25, 0.3) is 11.3 Å². The van der Waals surface area contributed by atoms with E-state index in [-0.39, 0.29) is 18.2 Å². The van der Waals surface area contributed by atoms with Gasteiger partial charge in [0, 0.05) is 18.2 Å². The number of aliphatic hydroxyl groups is 1. The number of hydrogen-bond donors (Lipinski definition) is 2. The molecule has 116 valence electrons. The van der Waals surface area contributed by atoms with E-state index in [4.69, 9.17) is 4.52 Å². The molecular formula is C16H18N2O3S. The van der Waals surface area contributed by atoms with E-state index in [1.54, 1.807) is 6.07 Å². The van der Waals surface area contributed by atoms with E-state index in [0.717, 1.165) is 17.1 Å². The van der Waals surface area contributed by atoms with Gasteiger partial charge in [-0.2, -0.15) is 11.8 Å².